The van der Waals surface area contributed by atoms with Crippen LogP contribution in [0.4, 0.5) is 0 Å². The summed E-state index contributed by atoms with van der Waals surface area (Å²) in [5.74, 6) is 0.337. The van der Waals surface area contributed by atoms with Gasteiger partial charge in [0.05, 0.1) is 5.02 Å². The summed E-state index contributed by atoms with van der Waals surface area (Å²) in [6, 6.07) is 9.45. The van der Waals surface area contributed by atoms with Crippen LogP contribution in [0.3, 0.4) is 0 Å². The first-order valence-corrected chi connectivity index (χ1v) is 11.5. The average molecular weight is 437 g/mol. The Morgan fingerprint density at radius 2 is 1.75 bits per heavy atom. The lowest BCUT2D eigenvalue weighted by Gasteiger charge is -2.31. The number of aromatic nitrogens is 1. The first kappa shape index (κ1) is 19.8. The molecule has 3 aromatic rings. The molecule has 0 saturated carbocycles. The lowest BCUT2D eigenvalue weighted by Crippen LogP contribution is -2.38. The van der Waals surface area contributed by atoms with Gasteiger partial charge in [-0.25, -0.2) is 8.42 Å². The molecule has 1 N–H and O–H groups in total. The predicted octanol–water partition coefficient (Wildman–Crippen LogP) is 5.66. The molecular weight excluding hydrogens is 415 g/mol. The molecular formula is C21H22Cl2N2O2S. The van der Waals surface area contributed by atoms with Crippen LogP contribution in [0.1, 0.15) is 35.4 Å². The van der Waals surface area contributed by atoms with Crippen molar-refractivity contribution in [1.82, 2.24) is 9.29 Å². The molecule has 7 heteroatoms. The number of sulfonamides is 1. The maximum atomic E-state index is 13.1. The van der Waals surface area contributed by atoms with E-state index < -0.39 is 10.0 Å². The van der Waals surface area contributed by atoms with Gasteiger partial charge in [0.15, 0.2) is 0 Å². The number of hydrogen-bond acceptors (Lipinski definition) is 2. The molecule has 1 aliphatic rings. The monoisotopic (exact) mass is 436 g/mol. The van der Waals surface area contributed by atoms with Gasteiger partial charge in [-0.15, -0.1) is 0 Å². The average Bonchev–Trinajstić information content (AvgIpc) is 3.07. The molecule has 148 valence electrons. The third kappa shape index (κ3) is 3.45. The number of fused-ring (bicyclic) bond motifs is 1. The number of piperidine rings is 1. The summed E-state index contributed by atoms with van der Waals surface area (Å²) in [7, 11) is -3.64. The summed E-state index contributed by atoms with van der Waals surface area (Å²) >= 11 is 12.3. The first-order valence-electron chi connectivity index (χ1n) is 9.31. The second-order valence-electron chi connectivity index (χ2n) is 7.50. The van der Waals surface area contributed by atoms with Crippen LogP contribution in [0, 0.1) is 13.8 Å². The van der Waals surface area contributed by atoms with Crippen LogP contribution in [0.2, 0.25) is 10.0 Å². The maximum absolute atomic E-state index is 13.1. The van der Waals surface area contributed by atoms with Crippen molar-refractivity contribution >= 4 is 44.1 Å². The second kappa shape index (κ2) is 7.38. The van der Waals surface area contributed by atoms with Gasteiger partial charge < -0.3 is 4.98 Å². The van der Waals surface area contributed by atoms with Gasteiger partial charge in [0, 0.05) is 35.2 Å². The van der Waals surface area contributed by atoms with E-state index in [1.54, 1.807) is 13.0 Å². The van der Waals surface area contributed by atoms with Crippen molar-refractivity contribution in [2.75, 3.05) is 13.1 Å². The Balaban J connectivity index is 1.57. The molecule has 1 saturated heterocycles. The quantitative estimate of drug-likeness (QED) is 0.575. The predicted molar refractivity (Wildman–Crippen MR) is 115 cm³/mol. The third-order valence-electron chi connectivity index (χ3n) is 5.59. The third-order valence-corrected chi connectivity index (χ3v) is 8.36. The fourth-order valence-corrected chi connectivity index (χ4v) is 6.24. The van der Waals surface area contributed by atoms with E-state index in [1.807, 2.05) is 0 Å². The summed E-state index contributed by atoms with van der Waals surface area (Å²) in [4.78, 5) is 3.47. The van der Waals surface area contributed by atoms with Gasteiger partial charge in [0.1, 0.15) is 4.90 Å². The summed E-state index contributed by atoms with van der Waals surface area (Å²) in [5, 5.41) is 1.87. The Hall–Kier alpha value is -1.53. The molecule has 0 radical (unpaired) electrons. The number of aryl methyl sites for hydroxylation is 2. The Morgan fingerprint density at radius 3 is 2.46 bits per heavy atom. The normalized spacial score (nSPS) is 16.7. The topological polar surface area (TPSA) is 53.2 Å². The maximum Gasteiger partial charge on any atom is 0.244 e. The molecule has 2 aromatic carbocycles. The fourth-order valence-electron chi connectivity index (χ4n) is 3.97. The van der Waals surface area contributed by atoms with Crippen LogP contribution in [0.25, 0.3) is 10.9 Å². The SMILES string of the molecule is Cc1ccc2[nH]cc(C3CCN(S(=O)(=O)c4cc(C)c(Cl)cc4Cl)CC3)c2c1. The van der Waals surface area contributed by atoms with Crippen molar-refractivity contribution in [3.05, 3.63) is 63.3 Å². The summed E-state index contributed by atoms with van der Waals surface area (Å²) in [6.45, 7) is 4.82. The van der Waals surface area contributed by atoms with Crippen LogP contribution in [-0.4, -0.2) is 30.8 Å². The largest absolute Gasteiger partial charge is 0.361 e. The number of halogens is 2. The summed E-state index contributed by atoms with van der Waals surface area (Å²) in [6.07, 6.45) is 3.63. The highest BCUT2D eigenvalue weighted by atomic mass is 35.5. The van der Waals surface area contributed by atoms with Crippen molar-refractivity contribution in [1.29, 1.82) is 0 Å². The molecule has 0 spiro atoms. The number of benzene rings is 2. The van der Waals surface area contributed by atoms with Crippen LogP contribution in [-0.2, 0) is 10.0 Å². The van der Waals surface area contributed by atoms with Crippen molar-refractivity contribution in [2.24, 2.45) is 0 Å². The van der Waals surface area contributed by atoms with Crippen molar-refractivity contribution in [3.8, 4) is 0 Å². The van der Waals surface area contributed by atoms with Gasteiger partial charge >= 0.3 is 0 Å². The van der Waals surface area contributed by atoms with Gasteiger partial charge in [0.25, 0.3) is 0 Å². The van der Waals surface area contributed by atoms with Crippen LogP contribution in [0.15, 0.2) is 41.4 Å². The van der Waals surface area contributed by atoms with E-state index in [0.29, 0.717) is 29.6 Å². The van der Waals surface area contributed by atoms with Crippen LogP contribution >= 0.6 is 23.2 Å². The van der Waals surface area contributed by atoms with Crippen LogP contribution < -0.4 is 0 Å². The smallest absolute Gasteiger partial charge is 0.244 e. The molecule has 0 amide bonds. The Bertz CT molecular complexity index is 1150. The van der Waals surface area contributed by atoms with Crippen molar-refractivity contribution in [3.63, 3.8) is 0 Å². The molecule has 0 atom stereocenters. The van der Waals surface area contributed by atoms with E-state index in [2.05, 4.69) is 36.3 Å². The molecule has 0 unspecified atom stereocenters. The Morgan fingerprint density at radius 1 is 1.04 bits per heavy atom. The second-order valence-corrected chi connectivity index (χ2v) is 10.2. The molecule has 4 nitrogen and oxygen atoms in total. The minimum absolute atomic E-state index is 0.136. The summed E-state index contributed by atoms with van der Waals surface area (Å²) in [5.41, 5.74) is 4.32. The zero-order chi connectivity index (χ0) is 20.1. The van der Waals surface area contributed by atoms with E-state index in [1.165, 1.54) is 26.9 Å². The van der Waals surface area contributed by atoms with Gasteiger partial charge in [-0.05, 0) is 68.0 Å². The Labute approximate surface area is 175 Å². The van der Waals surface area contributed by atoms with E-state index >= 15 is 0 Å². The number of rotatable bonds is 3. The molecule has 1 aromatic heterocycles. The van der Waals surface area contributed by atoms with E-state index in [9.17, 15) is 8.42 Å². The van der Waals surface area contributed by atoms with Gasteiger partial charge in [-0.1, -0.05) is 34.8 Å². The Kier molecular flexibility index (Phi) is 5.21. The molecule has 2 heterocycles. The minimum Gasteiger partial charge on any atom is -0.361 e. The highest BCUT2D eigenvalue weighted by molar-refractivity contribution is 7.89. The number of aromatic amines is 1. The number of H-pyrrole nitrogens is 1. The van der Waals surface area contributed by atoms with Crippen LogP contribution in [0.5, 0.6) is 0 Å². The van der Waals surface area contributed by atoms with E-state index in [4.69, 9.17) is 23.2 Å². The zero-order valence-electron chi connectivity index (χ0n) is 15.8. The zero-order valence-corrected chi connectivity index (χ0v) is 18.1. The van der Waals surface area contributed by atoms with Crippen molar-refractivity contribution < 1.29 is 8.42 Å². The standard InChI is InChI=1S/C21H22Cl2N2O2S/c1-13-3-4-20-16(9-13)17(12-24-20)15-5-7-25(8-6-15)28(26,27)21-10-14(2)18(22)11-19(21)23/h3-4,9-12,15,24H,5-8H2,1-2H3. The first-order chi connectivity index (χ1) is 13.3. The molecule has 4 rings (SSSR count). The minimum atomic E-state index is -3.64. The molecule has 28 heavy (non-hydrogen) atoms. The molecule has 0 bridgehead atoms. The fraction of sp³-hybridized carbons (Fsp3) is 0.333. The highest BCUT2D eigenvalue weighted by Gasteiger charge is 2.32. The van der Waals surface area contributed by atoms with Gasteiger partial charge in [-0.2, -0.15) is 4.31 Å². The number of hydrogen-bond donors (Lipinski definition) is 1. The van der Waals surface area contributed by atoms with Gasteiger partial charge in [0.2, 0.25) is 10.0 Å². The lowest BCUT2D eigenvalue weighted by molar-refractivity contribution is 0.320. The van der Waals surface area contributed by atoms with E-state index in [-0.39, 0.29) is 9.92 Å². The number of nitrogens with zero attached hydrogens (tertiary/aromatic N) is 1. The van der Waals surface area contributed by atoms with Crippen molar-refractivity contribution in [2.45, 2.75) is 37.5 Å². The number of nitrogens with one attached hydrogen (secondary N) is 1. The molecule has 0 aliphatic carbocycles. The molecule has 1 aliphatic heterocycles. The summed E-state index contributed by atoms with van der Waals surface area (Å²) < 4.78 is 27.8. The lowest BCUT2D eigenvalue weighted by atomic mass is 9.90. The highest BCUT2D eigenvalue weighted by Crippen LogP contribution is 2.36. The van der Waals surface area contributed by atoms with Gasteiger partial charge in [-0.3, -0.25) is 0 Å². The van der Waals surface area contributed by atoms with E-state index in [0.717, 1.165) is 18.4 Å². The molecule has 1 fully saturated rings.